The van der Waals surface area contributed by atoms with Crippen LogP contribution < -0.4 is 4.90 Å². The lowest BCUT2D eigenvalue weighted by Gasteiger charge is -2.19. The van der Waals surface area contributed by atoms with Gasteiger partial charge in [-0.2, -0.15) is 0 Å². The van der Waals surface area contributed by atoms with E-state index in [4.69, 9.17) is 44.5 Å². The predicted octanol–water partition coefficient (Wildman–Crippen LogP) is 8.65. The first kappa shape index (κ1) is 30.7. The van der Waals surface area contributed by atoms with Crippen molar-refractivity contribution in [3.05, 3.63) is 90.8 Å². The SMILES string of the molecule is Cc1c(Cl)c(Br)cc2c(C(=O)OCC(=O)c3ccc(Cl)cc3Cl)cc(-c3ccc(N4C(=O)C5CCCCC5C4=O)cc3)nc12. The Bertz CT molecular complexity index is 1850. The van der Waals surface area contributed by atoms with Crippen molar-refractivity contribution in [3.8, 4) is 11.3 Å². The van der Waals surface area contributed by atoms with E-state index in [1.54, 1.807) is 43.3 Å². The zero-order valence-electron chi connectivity index (χ0n) is 23.3. The molecule has 2 unspecified atom stereocenters. The molecule has 0 spiro atoms. The van der Waals surface area contributed by atoms with Crippen molar-refractivity contribution in [1.82, 2.24) is 4.98 Å². The van der Waals surface area contributed by atoms with Crippen molar-refractivity contribution < 1.29 is 23.9 Å². The fraction of sp³-hybridized carbons (Fsp3) is 0.242. The topological polar surface area (TPSA) is 93.6 Å². The third-order valence-corrected chi connectivity index (χ3v) is 10.2. The predicted molar refractivity (Wildman–Crippen MR) is 174 cm³/mol. The second-order valence-electron chi connectivity index (χ2n) is 10.9. The van der Waals surface area contributed by atoms with Crippen LogP contribution in [0, 0.1) is 18.8 Å². The van der Waals surface area contributed by atoms with Crippen LogP contribution in [0.4, 0.5) is 5.69 Å². The summed E-state index contributed by atoms with van der Waals surface area (Å²) in [5.41, 5.74) is 3.07. The monoisotopic (exact) mass is 712 g/mol. The van der Waals surface area contributed by atoms with Gasteiger partial charge in [-0.15, -0.1) is 0 Å². The zero-order chi connectivity index (χ0) is 31.3. The van der Waals surface area contributed by atoms with Gasteiger partial charge in [0.05, 0.1) is 44.3 Å². The van der Waals surface area contributed by atoms with Gasteiger partial charge in [-0.3, -0.25) is 19.3 Å². The Morgan fingerprint density at radius 2 is 1.59 bits per heavy atom. The summed E-state index contributed by atoms with van der Waals surface area (Å²) in [6.45, 7) is 1.25. The van der Waals surface area contributed by atoms with E-state index in [1.807, 2.05) is 0 Å². The smallest absolute Gasteiger partial charge is 0.339 e. The molecule has 1 saturated heterocycles. The molecule has 11 heteroatoms. The van der Waals surface area contributed by atoms with Crippen LogP contribution >= 0.6 is 50.7 Å². The van der Waals surface area contributed by atoms with Crippen molar-refractivity contribution in [1.29, 1.82) is 0 Å². The molecule has 2 heterocycles. The number of nitrogens with zero attached hydrogens (tertiary/aromatic N) is 2. The number of hydrogen-bond acceptors (Lipinski definition) is 6. The minimum absolute atomic E-state index is 0.147. The lowest BCUT2D eigenvalue weighted by Crippen LogP contribution is -2.30. The number of amides is 2. The average Bonchev–Trinajstić information content (AvgIpc) is 3.27. The molecule has 1 aliphatic heterocycles. The summed E-state index contributed by atoms with van der Waals surface area (Å²) in [6.07, 6.45) is 3.38. The molecule has 2 atom stereocenters. The van der Waals surface area contributed by atoms with E-state index in [2.05, 4.69) is 15.9 Å². The number of fused-ring (bicyclic) bond motifs is 2. The molecule has 0 radical (unpaired) electrons. The Morgan fingerprint density at radius 1 is 0.932 bits per heavy atom. The first-order valence-electron chi connectivity index (χ1n) is 14.0. The fourth-order valence-electron chi connectivity index (χ4n) is 5.98. The second-order valence-corrected chi connectivity index (χ2v) is 13.0. The third-order valence-electron chi connectivity index (χ3n) is 8.27. The van der Waals surface area contributed by atoms with Gasteiger partial charge in [0.1, 0.15) is 0 Å². The van der Waals surface area contributed by atoms with Crippen molar-refractivity contribution >= 4 is 90.9 Å². The molecule has 3 aromatic carbocycles. The number of carbonyl (C=O) groups excluding carboxylic acids is 4. The van der Waals surface area contributed by atoms with Crippen molar-refractivity contribution in [2.45, 2.75) is 32.6 Å². The summed E-state index contributed by atoms with van der Waals surface area (Å²) in [4.78, 5) is 58.5. The molecule has 1 aliphatic carbocycles. The van der Waals surface area contributed by atoms with Gasteiger partial charge < -0.3 is 4.74 Å². The van der Waals surface area contributed by atoms with Crippen LogP contribution in [0.2, 0.25) is 15.1 Å². The van der Waals surface area contributed by atoms with Crippen molar-refractivity contribution in [2.24, 2.45) is 11.8 Å². The number of ketones is 1. The number of pyridine rings is 1. The van der Waals surface area contributed by atoms with E-state index in [0.717, 1.165) is 25.7 Å². The molecule has 7 nitrogen and oxygen atoms in total. The molecule has 2 amide bonds. The summed E-state index contributed by atoms with van der Waals surface area (Å²) in [6, 6.07) is 14.6. The number of anilines is 1. The van der Waals surface area contributed by atoms with Crippen LogP contribution in [0.3, 0.4) is 0 Å². The van der Waals surface area contributed by atoms with E-state index in [-0.39, 0.29) is 39.8 Å². The summed E-state index contributed by atoms with van der Waals surface area (Å²) in [5.74, 6) is -2.01. The van der Waals surface area contributed by atoms with Crippen LogP contribution in [-0.4, -0.2) is 35.2 Å². The summed E-state index contributed by atoms with van der Waals surface area (Å²) >= 11 is 22.1. The van der Waals surface area contributed by atoms with Gasteiger partial charge in [-0.1, -0.05) is 59.8 Å². The molecule has 0 N–H and O–H groups in total. The van der Waals surface area contributed by atoms with E-state index in [0.29, 0.717) is 47.9 Å². The van der Waals surface area contributed by atoms with E-state index in [1.165, 1.54) is 23.1 Å². The molecule has 44 heavy (non-hydrogen) atoms. The number of Topliss-reactive ketones (excluding diaryl/α,β-unsaturated/α-hetero) is 1. The number of hydrogen-bond donors (Lipinski definition) is 0. The summed E-state index contributed by atoms with van der Waals surface area (Å²) in [5, 5.41) is 1.46. The van der Waals surface area contributed by atoms with Crippen LogP contribution in [0.25, 0.3) is 22.2 Å². The van der Waals surface area contributed by atoms with Crippen LogP contribution in [0.1, 0.15) is 52.0 Å². The van der Waals surface area contributed by atoms with Crippen LogP contribution in [-0.2, 0) is 14.3 Å². The van der Waals surface area contributed by atoms with Crippen molar-refractivity contribution in [2.75, 3.05) is 11.5 Å². The molecule has 2 aliphatic rings. The Labute approximate surface area is 276 Å². The number of esters is 1. The van der Waals surface area contributed by atoms with Gasteiger partial charge >= 0.3 is 5.97 Å². The quantitative estimate of drug-likeness (QED) is 0.113. The van der Waals surface area contributed by atoms with E-state index in [9.17, 15) is 19.2 Å². The highest BCUT2D eigenvalue weighted by atomic mass is 79.9. The fourth-order valence-corrected chi connectivity index (χ4v) is 7.16. The highest BCUT2D eigenvalue weighted by Crippen LogP contribution is 2.41. The highest BCUT2D eigenvalue weighted by Gasteiger charge is 2.48. The van der Waals surface area contributed by atoms with Gasteiger partial charge in [-0.25, -0.2) is 9.78 Å². The minimum Gasteiger partial charge on any atom is -0.454 e. The maximum absolute atomic E-state index is 13.5. The minimum atomic E-state index is -0.738. The standard InChI is InChI=1S/C33H24BrCl3N2O5/c1-16-29(37)25(34)13-23-24(33(43)44-15-28(40)22-11-8-18(35)12-26(22)36)14-27(38-30(16)23)17-6-9-19(10-7-17)39-31(41)20-4-2-3-5-21(20)32(39)42/h6-14,20-21H,2-5,15H2,1H3. The number of aryl methyl sites for hydroxylation is 1. The lowest BCUT2D eigenvalue weighted by atomic mass is 9.81. The summed E-state index contributed by atoms with van der Waals surface area (Å²) in [7, 11) is 0. The average molecular weight is 715 g/mol. The van der Waals surface area contributed by atoms with E-state index < -0.39 is 18.4 Å². The van der Waals surface area contributed by atoms with Crippen LogP contribution in [0.15, 0.2) is 59.1 Å². The molecule has 0 bridgehead atoms. The number of carbonyl (C=O) groups is 4. The Kier molecular flexibility index (Phi) is 8.54. The van der Waals surface area contributed by atoms with Crippen LogP contribution in [0.5, 0.6) is 0 Å². The number of benzene rings is 3. The first-order chi connectivity index (χ1) is 21.0. The third kappa shape index (κ3) is 5.53. The van der Waals surface area contributed by atoms with Gasteiger partial charge in [0.15, 0.2) is 6.61 Å². The number of ether oxygens (including phenoxy) is 1. The maximum atomic E-state index is 13.5. The normalized spacial score (nSPS) is 18.1. The largest absolute Gasteiger partial charge is 0.454 e. The number of halogens is 4. The van der Waals surface area contributed by atoms with Gasteiger partial charge in [0.25, 0.3) is 0 Å². The Balaban J connectivity index is 1.33. The lowest BCUT2D eigenvalue weighted by molar-refractivity contribution is -0.122. The number of imide groups is 1. The van der Waals surface area contributed by atoms with Gasteiger partial charge in [-0.05, 0) is 83.7 Å². The second kappa shape index (κ2) is 12.2. The zero-order valence-corrected chi connectivity index (χ0v) is 27.2. The van der Waals surface area contributed by atoms with E-state index >= 15 is 0 Å². The molecular formula is C33H24BrCl3N2O5. The highest BCUT2D eigenvalue weighted by molar-refractivity contribution is 9.10. The molecule has 4 aromatic rings. The molecule has 1 aromatic heterocycles. The molecule has 6 rings (SSSR count). The maximum Gasteiger partial charge on any atom is 0.339 e. The number of rotatable bonds is 6. The molecular weight excluding hydrogens is 691 g/mol. The molecule has 2 fully saturated rings. The first-order valence-corrected chi connectivity index (χ1v) is 15.9. The molecule has 224 valence electrons. The van der Waals surface area contributed by atoms with Gasteiger partial charge in [0, 0.05) is 26.0 Å². The summed E-state index contributed by atoms with van der Waals surface area (Å²) < 4.78 is 6.03. The Hall–Kier alpha value is -3.30. The van der Waals surface area contributed by atoms with Crippen molar-refractivity contribution in [3.63, 3.8) is 0 Å². The number of aromatic nitrogens is 1. The van der Waals surface area contributed by atoms with Gasteiger partial charge in [0.2, 0.25) is 17.6 Å². The Morgan fingerprint density at radius 3 is 2.23 bits per heavy atom. The molecule has 1 saturated carbocycles.